The fourth-order valence-corrected chi connectivity index (χ4v) is 2.08. The van der Waals surface area contributed by atoms with Crippen LogP contribution in [-0.4, -0.2) is 26.0 Å². The second-order valence-corrected chi connectivity index (χ2v) is 5.21. The Bertz CT molecular complexity index is 726. The van der Waals surface area contributed by atoms with Crippen LogP contribution in [-0.2, 0) is 9.59 Å². The molecule has 0 saturated heterocycles. The number of amides is 2. The summed E-state index contributed by atoms with van der Waals surface area (Å²) < 4.78 is 10.3. The van der Waals surface area contributed by atoms with Gasteiger partial charge in [0.05, 0.1) is 19.9 Å². The lowest BCUT2D eigenvalue weighted by Gasteiger charge is -2.11. The van der Waals surface area contributed by atoms with Crippen LogP contribution in [0.5, 0.6) is 11.5 Å². The van der Waals surface area contributed by atoms with Crippen molar-refractivity contribution in [3.8, 4) is 11.5 Å². The highest BCUT2D eigenvalue weighted by molar-refractivity contribution is 6.08. The summed E-state index contributed by atoms with van der Waals surface area (Å²) in [6.45, 7) is 1.96. The van der Waals surface area contributed by atoms with Crippen molar-refractivity contribution in [1.29, 1.82) is 0 Å². The van der Waals surface area contributed by atoms with Crippen LogP contribution in [0.1, 0.15) is 12.0 Å². The van der Waals surface area contributed by atoms with Crippen molar-refractivity contribution >= 4 is 23.2 Å². The van der Waals surface area contributed by atoms with Crippen molar-refractivity contribution in [2.75, 3.05) is 24.9 Å². The smallest absolute Gasteiger partial charge is 0.233 e. The summed E-state index contributed by atoms with van der Waals surface area (Å²) in [6.07, 6.45) is -0.289. The lowest BCUT2D eigenvalue weighted by atomic mass is 10.2. The lowest BCUT2D eigenvalue weighted by Crippen LogP contribution is -2.21. The zero-order valence-electron chi connectivity index (χ0n) is 13.9. The Balaban J connectivity index is 1.95. The Kier molecular flexibility index (Phi) is 5.78. The van der Waals surface area contributed by atoms with Gasteiger partial charge < -0.3 is 20.1 Å². The van der Waals surface area contributed by atoms with Gasteiger partial charge in [-0.3, -0.25) is 9.59 Å². The lowest BCUT2D eigenvalue weighted by molar-refractivity contribution is -0.123. The van der Waals surface area contributed by atoms with Gasteiger partial charge in [-0.2, -0.15) is 0 Å². The van der Waals surface area contributed by atoms with E-state index in [0.29, 0.717) is 22.9 Å². The van der Waals surface area contributed by atoms with Gasteiger partial charge in [0.2, 0.25) is 11.8 Å². The minimum absolute atomic E-state index is 0.289. The molecule has 0 saturated carbocycles. The zero-order chi connectivity index (χ0) is 17.5. The minimum atomic E-state index is -0.428. The van der Waals surface area contributed by atoms with Crippen LogP contribution in [0.4, 0.5) is 11.4 Å². The minimum Gasteiger partial charge on any atom is -0.497 e. The summed E-state index contributed by atoms with van der Waals surface area (Å²) in [5.74, 6) is 0.260. The maximum absolute atomic E-state index is 12.0. The number of benzene rings is 2. The van der Waals surface area contributed by atoms with Crippen LogP contribution in [0, 0.1) is 6.92 Å². The van der Waals surface area contributed by atoms with Crippen molar-refractivity contribution < 1.29 is 19.1 Å². The zero-order valence-corrected chi connectivity index (χ0v) is 13.9. The fourth-order valence-electron chi connectivity index (χ4n) is 2.08. The van der Waals surface area contributed by atoms with E-state index in [2.05, 4.69) is 10.6 Å². The van der Waals surface area contributed by atoms with Gasteiger partial charge in [-0.25, -0.2) is 0 Å². The molecule has 126 valence electrons. The predicted molar refractivity (Wildman–Crippen MR) is 92.6 cm³/mol. The summed E-state index contributed by atoms with van der Waals surface area (Å²) in [4.78, 5) is 24.0. The number of ether oxygens (including phenoxy) is 2. The van der Waals surface area contributed by atoms with Gasteiger partial charge in [0.25, 0.3) is 0 Å². The summed E-state index contributed by atoms with van der Waals surface area (Å²) >= 11 is 0. The molecule has 0 bridgehead atoms. The molecule has 0 aliphatic carbocycles. The van der Waals surface area contributed by atoms with Crippen molar-refractivity contribution in [2.24, 2.45) is 0 Å². The summed E-state index contributed by atoms with van der Waals surface area (Å²) in [7, 11) is 3.04. The van der Waals surface area contributed by atoms with Gasteiger partial charge in [-0.15, -0.1) is 0 Å². The largest absolute Gasteiger partial charge is 0.497 e. The third kappa shape index (κ3) is 4.74. The number of hydrogen-bond acceptors (Lipinski definition) is 4. The molecule has 0 fully saturated rings. The van der Waals surface area contributed by atoms with Crippen LogP contribution in [0.25, 0.3) is 0 Å². The molecule has 0 heterocycles. The molecule has 2 N–H and O–H groups in total. The summed E-state index contributed by atoms with van der Waals surface area (Å²) in [5.41, 5.74) is 2.23. The highest BCUT2D eigenvalue weighted by Crippen LogP contribution is 2.29. The fraction of sp³-hybridized carbons (Fsp3) is 0.222. The monoisotopic (exact) mass is 328 g/mol. The van der Waals surface area contributed by atoms with Gasteiger partial charge in [-0.05, 0) is 31.2 Å². The second kappa shape index (κ2) is 8.01. The van der Waals surface area contributed by atoms with Crippen molar-refractivity contribution in [1.82, 2.24) is 0 Å². The first kappa shape index (κ1) is 17.3. The van der Waals surface area contributed by atoms with E-state index in [1.165, 1.54) is 7.11 Å². The van der Waals surface area contributed by atoms with Gasteiger partial charge in [0.15, 0.2) is 0 Å². The van der Waals surface area contributed by atoms with Crippen LogP contribution in [0.3, 0.4) is 0 Å². The molecule has 0 aliphatic heterocycles. The number of nitrogens with one attached hydrogen (secondary N) is 2. The number of anilines is 2. The number of rotatable bonds is 6. The molecule has 0 aromatic heterocycles. The number of carbonyl (C=O) groups is 2. The van der Waals surface area contributed by atoms with E-state index in [1.54, 1.807) is 37.4 Å². The topological polar surface area (TPSA) is 76.7 Å². The molecule has 2 rings (SSSR count). The number of hydrogen-bond donors (Lipinski definition) is 2. The molecular weight excluding hydrogens is 308 g/mol. The molecule has 24 heavy (non-hydrogen) atoms. The van der Waals surface area contributed by atoms with Gasteiger partial charge >= 0.3 is 0 Å². The van der Waals surface area contributed by atoms with Crippen LogP contribution < -0.4 is 20.1 Å². The molecule has 6 heteroatoms. The first-order valence-corrected chi connectivity index (χ1v) is 7.40. The molecule has 0 radical (unpaired) electrons. The van der Waals surface area contributed by atoms with E-state index in [-0.39, 0.29) is 12.3 Å². The maximum atomic E-state index is 12.0. The molecule has 6 nitrogen and oxygen atoms in total. The van der Waals surface area contributed by atoms with E-state index in [0.717, 1.165) is 5.56 Å². The van der Waals surface area contributed by atoms with Crippen molar-refractivity contribution in [3.63, 3.8) is 0 Å². The van der Waals surface area contributed by atoms with Crippen LogP contribution >= 0.6 is 0 Å². The van der Waals surface area contributed by atoms with Gasteiger partial charge in [-0.1, -0.05) is 17.7 Å². The Morgan fingerprint density at radius 1 is 0.917 bits per heavy atom. The SMILES string of the molecule is COc1ccc(NC(=O)CC(=O)Nc2ccc(C)cc2)c(OC)c1. The summed E-state index contributed by atoms with van der Waals surface area (Å²) in [6, 6.07) is 12.4. The van der Waals surface area contributed by atoms with E-state index in [4.69, 9.17) is 9.47 Å². The molecular formula is C18H20N2O4. The maximum Gasteiger partial charge on any atom is 0.233 e. The molecule has 0 atom stereocenters. The molecule has 0 aliphatic rings. The number of methoxy groups -OCH3 is 2. The van der Waals surface area contributed by atoms with Crippen molar-refractivity contribution in [3.05, 3.63) is 48.0 Å². The van der Waals surface area contributed by atoms with Gasteiger partial charge in [0, 0.05) is 11.8 Å². The Morgan fingerprint density at radius 3 is 2.21 bits per heavy atom. The van der Waals surface area contributed by atoms with E-state index in [9.17, 15) is 9.59 Å². The van der Waals surface area contributed by atoms with Crippen LogP contribution in [0.2, 0.25) is 0 Å². The third-order valence-electron chi connectivity index (χ3n) is 3.34. The Morgan fingerprint density at radius 2 is 1.58 bits per heavy atom. The average molecular weight is 328 g/mol. The molecule has 2 aromatic carbocycles. The molecule has 0 spiro atoms. The second-order valence-electron chi connectivity index (χ2n) is 5.21. The normalized spacial score (nSPS) is 9.96. The summed E-state index contributed by atoms with van der Waals surface area (Å²) in [5, 5.41) is 5.34. The standard InChI is InChI=1S/C18H20N2O4/c1-12-4-6-13(7-5-12)19-17(21)11-18(22)20-15-9-8-14(23-2)10-16(15)24-3/h4-10H,11H2,1-3H3,(H,19,21)(H,20,22). The molecule has 2 aromatic rings. The molecule has 2 amide bonds. The third-order valence-corrected chi connectivity index (χ3v) is 3.34. The Hall–Kier alpha value is -3.02. The number of aryl methyl sites for hydroxylation is 1. The van der Waals surface area contributed by atoms with Gasteiger partial charge in [0.1, 0.15) is 17.9 Å². The van der Waals surface area contributed by atoms with E-state index in [1.807, 2.05) is 19.1 Å². The average Bonchev–Trinajstić information content (AvgIpc) is 2.57. The highest BCUT2D eigenvalue weighted by Gasteiger charge is 2.13. The quantitative estimate of drug-likeness (QED) is 0.799. The van der Waals surface area contributed by atoms with E-state index >= 15 is 0 Å². The van der Waals surface area contributed by atoms with Crippen LogP contribution in [0.15, 0.2) is 42.5 Å². The first-order chi connectivity index (χ1) is 11.5. The first-order valence-electron chi connectivity index (χ1n) is 7.40. The predicted octanol–water partition coefficient (Wildman–Crippen LogP) is 2.98. The van der Waals surface area contributed by atoms with E-state index < -0.39 is 5.91 Å². The Labute approximate surface area is 140 Å². The van der Waals surface area contributed by atoms with Crippen molar-refractivity contribution in [2.45, 2.75) is 13.3 Å². The molecule has 0 unspecified atom stereocenters. The number of carbonyl (C=O) groups excluding carboxylic acids is 2. The highest BCUT2D eigenvalue weighted by atomic mass is 16.5.